The van der Waals surface area contributed by atoms with Crippen LogP contribution in [0.4, 0.5) is 0 Å². The Morgan fingerprint density at radius 2 is 1.83 bits per heavy atom. The number of aromatic hydroxyl groups is 1. The highest BCUT2D eigenvalue weighted by atomic mass is 35.5. The number of phenolic OH excluding ortho intramolecular Hbond substituents is 1. The van der Waals surface area contributed by atoms with Crippen molar-refractivity contribution in [2.45, 2.75) is 13.0 Å². The Morgan fingerprint density at radius 3 is 2.22 bits per heavy atom. The van der Waals surface area contributed by atoms with Crippen molar-refractivity contribution in [2.24, 2.45) is 0 Å². The van der Waals surface area contributed by atoms with Crippen molar-refractivity contribution in [2.75, 3.05) is 7.11 Å². The number of carbonyl (C=O) groups is 2. The van der Waals surface area contributed by atoms with Gasteiger partial charge in [-0.05, 0) is 17.7 Å². The molecule has 5 nitrogen and oxygen atoms in total. The average molecular weight is 292 g/mol. The highest BCUT2D eigenvalue weighted by molar-refractivity contribution is 6.37. The van der Waals surface area contributed by atoms with Crippen molar-refractivity contribution in [3.63, 3.8) is 0 Å². The molecule has 0 unspecified atom stereocenters. The van der Waals surface area contributed by atoms with E-state index in [1.54, 1.807) is 0 Å². The number of ether oxygens (including phenoxy) is 1. The largest absolute Gasteiger partial charge is 0.505 e. The Morgan fingerprint density at radius 1 is 1.33 bits per heavy atom. The molecule has 0 aliphatic carbocycles. The number of rotatable bonds is 3. The summed E-state index contributed by atoms with van der Waals surface area (Å²) in [6.45, 7) is 1.26. The zero-order valence-corrected chi connectivity index (χ0v) is 11.2. The van der Waals surface area contributed by atoms with E-state index in [2.05, 4.69) is 10.1 Å². The number of hydrogen-bond acceptors (Lipinski definition) is 4. The molecule has 0 saturated heterocycles. The van der Waals surface area contributed by atoms with Gasteiger partial charge in [-0.3, -0.25) is 4.79 Å². The van der Waals surface area contributed by atoms with E-state index in [0.29, 0.717) is 5.56 Å². The highest BCUT2D eigenvalue weighted by Gasteiger charge is 2.24. The lowest BCUT2D eigenvalue weighted by Gasteiger charge is -2.16. The highest BCUT2D eigenvalue weighted by Crippen LogP contribution is 2.34. The zero-order valence-electron chi connectivity index (χ0n) is 9.66. The van der Waals surface area contributed by atoms with E-state index in [0.717, 1.165) is 0 Å². The molecule has 0 aliphatic heterocycles. The van der Waals surface area contributed by atoms with Crippen LogP contribution >= 0.6 is 23.2 Å². The maximum Gasteiger partial charge on any atom is 0.333 e. The van der Waals surface area contributed by atoms with Gasteiger partial charge in [0, 0.05) is 6.92 Å². The van der Waals surface area contributed by atoms with Gasteiger partial charge in [0.05, 0.1) is 17.2 Å². The maximum absolute atomic E-state index is 11.6. The lowest BCUT2D eigenvalue weighted by atomic mass is 10.1. The molecule has 0 aliphatic rings. The van der Waals surface area contributed by atoms with E-state index in [1.807, 2.05) is 0 Å². The Labute approximate surface area is 114 Å². The molecule has 0 aromatic heterocycles. The number of benzene rings is 1. The van der Waals surface area contributed by atoms with Crippen LogP contribution in [-0.4, -0.2) is 24.1 Å². The molecule has 0 saturated carbocycles. The second kappa shape index (κ2) is 5.93. The fourth-order valence-corrected chi connectivity index (χ4v) is 1.86. The summed E-state index contributed by atoms with van der Waals surface area (Å²) in [4.78, 5) is 22.6. The fraction of sp³-hybridized carbons (Fsp3) is 0.273. The lowest BCUT2D eigenvalue weighted by molar-refractivity contribution is -0.145. The number of carbonyl (C=O) groups excluding carboxylic acids is 2. The first kappa shape index (κ1) is 14.6. The molecule has 0 heterocycles. The number of esters is 1. The van der Waals surface area contributed by atoms with Gasteiger partial charge in [-0.25, -0.2) is 4.79 Å². The van der Waals surface area contributed by atoms with Crippen molar-refractivity contribution in [3.8, 4) is 5.75 Å². The van der Waals surface area contributed by atoms with Gasteiger partial charge in [0.25, 0.3) is 0 Å². The molecule has 1 amide bonds. The van der Waals surface area contributed by atoms with Crippen LogP contribution in [0.15, 0.2) is 12.1 Å². The molecule has 1 aromatic rings. The molecule has 98 valence electrons. The van der Waals surface area contributed by atoms with E-state index in [9.17, 15) is 14.7 Å². The summed E-state index contributed by atoms with van der Waals surface area (Å²) >= 11 is 11.5. The fourth-order valence-electron chi connectivity index (χ4n) is 1.35. The van der Waals surface area contributed by atoms with E-state index in [4.69, 9.17) is 23.2 Å². The van der Waals surface area contributed by atoms with Crippen LogP contribution in [0.2, 0.25) is 10.0 Å². The van der Waals surface area contributed by atoms with Crippen molar-refractivity contribution >= 4 is 35.1 Å². The molecule has 0 spiro atoms. The van der Waals surface area contributed by atoms with Crippen LogP contribution in [0.25, 0.3) is 0 Å². The van der Waals surface area contributed by atoms with Crippen molar-refractivity contribution in [1.29, 1.82) is 0 Å². The number of phenols is 1. The van der Waals surface area contributed by atoms with Gasteiger partial charge >= 0.3 is 5.97 Å². The monoisotopic (exact) mass is 291 g/mol. The summed E-state index contributed by atoms with van der Waals surface area (Å²) in [5.41, 5.74) is 0.324. The zero-order chi connectivity index (χ0) is 13.9. The van der Waals surface area contributed by atoms with Crippen LogP contribution in [0.1, 0.15) is 18.5 Å². The molecule has 7 heteroatoms. The van der Waals surface area contributed by atoms with Crippen LogP contribution in [0.5, 0.6) is 5.75 Å². The topological polar surface area (TPSA) is 75.6 Å². The van der Waals surface area contributed by atoms with E-state index >= 15 is 0 Å². The molecule has 1 rings (SSSR count). The standard InChI is InChI=1S/C11H11Cl2NO4/c1-5(15)14-9(11(17)18-2)6-3-7(12)10(16)8(13)4-6/h3-4,9,16H,1-2H3,(H,14,15)/t9-/m1/s1. The summed E-state index contributed by atoms with van der Waals surface area (Å²) in [5.74, 6) is -1.36. The Balaban J connectivity index is 3.20. The molecular formula is C11H11Cl2NO4. The van der Waals surface area contributed by atoms with Gasteiger partial charge in [0.2, 0.25) is 5.91 Å². The number of halogens is 2. The molecule has 2 N–H and O–H groups in total. The summed E-state index contributed by atoms with van der Waals surface area (Å²) in [6.07, 6.45) is 0. The van der Waals surface area contributed by atoms with Crippen molar-refractivity contribution in [1.82, 2.24) is 5.32 Å². The minimum Gasteiger partial charge on any atom is -0.505 e. The Bertz CT molecular complexity index is 467. The Hall–Kier alpha value is -1.46. The van der Waals surface area contributed by atoms with Gasteiger partial charge in [-0.2, -0.15) is 0 Å². The van der Waals surface area contributed by atoms with Gasteiger partial charge in [0.15, 0.2) is 11.8 Å². The summed E-state index contributed by atoms with van der Waals surface area (Å²) in [5, 5.41) is 11.8. The van der Waals surface area contributed by atoms with Gasteiger partial charge in [0.1, 0.15) is 0 Å². The normalized spacial score (nSPS) is 11.8. The number of amides is 1. The third kappa shape index (κ3) is 3.27. The maximum atomic E-state index is 11.6. The quantitative estimate of drug-likeness (QED) is 0.836. The molecule has 0 bridgehead atoms. The first-order valence-corrected chi connectivity index (χ1v) is 5.65. The molecule has 0 radical (unpaired) electrons. The second-order valence-corrected chi connectivity index (χ2v) is 4.30. The van der Waals surface area contributed by atoms with Gasteiger partial charge in [-0.1, -0.05) is 23.2 Å². The number of nitrogens with one attached hydrogen (secondary N) is 1. The predicted octanol–water partition coefficient (Wildman–Crippen LogP) is 2.05. The van der Waals surface area contributed by atoms with Crippen molar-refractivity contribution < 1.29 is 19.4 Å². The first-order chi connectivity index (χ1) is 8.36. The predicted molar refractivity (Wildman–Crippen MR) is 66.7 cm³/mol. The minimum absolute atomic E-state index is 0.0169. The van der Waals surface area contributed by atoms with Crippen molar-refractivity contribution in [3.05, 3.63) is 27.7 Å². The van der Waals surface area contributed by atoms with E-state index < -0.39 is 17.9 Å². The van der Waals surface area contributed by atoms with Crippen LogP contribution in [-0.2, 0) is 14.3 Å². The third-order valence-corrected chi connectivity index (χ3v) is 2.73. The van der Waals surface area contributed by atoms with Gasteiger partial charge in [-0.15, -0.1) is 0 Å². The smallest absolute Gasteiger partial charge is 0.333 e. The summed E-state index contributed by atoms with van der Waals surface area (Å²) < 4.78 is 4.58. The SMILES string of the molecule is COC(=O)[C@H](NC(C)=O)c1cc(Cl)c(O)c(Cl)c1. The molecule has 1 atom stereocenters. The summed E-state index contributed by atoms with van der Waals surface area (Å²) in [7, 11) is 1.20. The van der Waals surface area contributed by atoms with Crippen LogP contribution in [0, 0.1) is 0 Å². The molecular weight excluding hydrogens is 281 g/mol. The summed E-state index contributed by atoms with van der Waals surface area (Å²) in [6, 6.07) is 1.64. The third-order valence-electron chi connectivity index (χ3n) is 2.16. The second-order valence-electron chi connectivity index (χ2n) is 3.49. The first-order valence-electron chi connectivity index (χ1n) is 4.89. The molecule has 0 fully saturated rings. The van der Waals surface area contributed by atoms with Crippen LogP contribution in [0.3, 0.4) is 0 Å². The molecule has 1 aromatic carbocycles. The van der Waals surface area contributed by atoms with Crippen LogP contribution < -0.4 is 5.32 Å². The average Bonchev–Trinajstić information content (AvgIpc) is 2.31. The van der Waals surface area contributed by atoms with Gasteiger partial charge < -0.3 is 15.2 Å². The minimum atomic E-state index is -1.02. The lowest BCUT2D eigenvalue weighted by Crippen LogP contribution is -2.32. The Kier molecular flexibility index (Phi) is 4.81. The van der Waals surface area contributed by atoms with E-state index in [1.165, 1.54) is 26.2 Å². The number of methoxy groups -OCH3 is 1. The molecule has 18 heavy (non-hydrogen) atoms. The number of hydrogen-bond donors (Lipinski definition) is 2. The van der Waals surface area contributed by atoms with E-state index in [-0.39, 0.29) is 15.8 Å².